The van der Waals surface area contributed by atoms with E-state index < -0.39 is 10.0 Å². The molecule has 8 nitrogen and oxygen atoms in total. The van der Waals surface area contributed by atoms with Crippen molar-refractivity contribution in [3.05, 3.63) is 18.2 Å². The highest BCUT2D eigenvalue weighted by atomic mass is 32.2. The summed E-state index contributed by atoms with van der Waals surface area (Å²) in [7, 11) is -2.34. The quantitative estimate of drug-likeness (QED) is 0.777. The van der Waals surface area contributed by atoms with Gasteiger partial charge in [-0.3, -0.25) is 4.72 Å². The molecule has 0 aliphatic carbocycles. The zero-order valence-electron chi connectivity index (χ0n) is 9.19. The minimum atomic E-state index is -3.80. The number of aromatic nitrogens is 3. The van der Waals surface area contributed by atoms with Crippen molar-refractivity contribution in [2.24, 2.45) is 0 Å². The van der Waals surface area contributed by atoms with Gasteiger partial charge in [0.2, 0.25) is 5.13 Å². The molecule has 0 fully saturated rings. The van der Waals surface area contributed by atoms with E-state index in [1.54, 1.807) is 0 Å². The van der Waals surface area contributed by atoms with Crippen molar-refractivity contribution in [1.29, 1.82) is 0 Å². The number of hydrogen-bond donors (Lipinski definition) is 2. The van der Waals surface area contributed by atoms with Crippen molar-refractivity contribution in [2.75, 3.05) is 17.6 Å². The molecule has 1 aromatic carbocycles. The average molecular weight is 287 g/mol. The Bertz CT molecular complexity index is 641. The van der Waals surface area contributed by atoms with Gasteiger partial charge in [0.05, 0.1) is 12.8 Å². The van der Waals surface area contributed by atoms with Crippen molar-refractivity contribution in [3.8, 4) is 5.75 Å². The summed E-state index contributed by atoms with van der Waals surface area (Å²) in [4.78, 5) is -0.0569. The molecular formula is C8H9N5O3S2. The number of nitrogens with zero attached hydrogens (tertiary/aromatic N) is 3. The standard InChI is InChI=1S/C8H9N5O3S2/c1-16-5-2-3-7(6(9)4-5)18(14,15)11-8-10-12-13-17-8/h2-4H,9H2,1H3,(H,10,11,13). The van der Waals surface area contributed by atoms with Crippen LogP contribution in [0.3, 0.4) is 0 Å². The molecule has 0 bridgehead atoms. The minimum absolute atomic E-state index is 0.0569. The molecular weight excluding hydrogens is 278 g/mol. The van der Waals surface area contributed by atoms with Crippen molar-refractivity contribution in [3.63, 3.8) is 0 Å². The summed E-state index contributed by atoms with van der Waals surface area (Å²) in [5.74, 6) is 0.476. The van der Waals surface area contributed by atoms with Crippen LogP contribution in [0.25, 0.3) is 0 Å². The third-order valence-corrected chi connectivity index (χ3v) is 4.08. The molecule has 3 N–H and O–H groups in total. The number of nitrogens with two attached hydrogens (primary N) is 1. The minimum Gasteiger partial charge on any atom is -0.497 e. The van der Waals surface area contributed by atoms with Gasteiger partial charge in [-0.05, 0) is 17.3 Å². The first-order valence-corrected chi connectivity index (χ1v) is 6.90. The van der Waals surface area contributed by atoms with Gasteiger partial charge in [0.15, 0.2) is 0 Å². The molecule has 18 heavy (non-hydrogen) atoms. The summed E-state index contributed by atoms with van der Waals surface area (Å²) in [5, 5.41) is 6.86. The van der Waals surface area contributed by atoms with E-state index >= 15 is 0 Å². The SMILES string of the molecule is COc1ccc(S(=O)(=O)Nc2nnns2)c(N)c1. The molecule has 96 valence electrons. The molecule has 10 heteroatoms. The molecule has 0 aliphatic heterocycles. The number of benzene rings is 1. The molecule has 0 radical (unpaired) electrons. The van der Waals surface area contributed by atoms with Crippen LogP contribution in [0.5, 0.6) is 5.75 Å². The fraction of sp³-hybridized carbons (Fsp3) is 0.125. The van der Waals surface area contributed by atoms with Gasteiger partial charge in [-0.2, -0.15) is 0 Å². The predicted octanol–water partition coefficient (Wildman–Crippen LogP) is 0.325. The van der Waals surface area contributed by atoms with Crippen LogP contribution in [0.15, 0.2) is 23.1 Å². The highest BCUT2D eigenvalue weighted by molar-refractivity contribution is 7.93. The predicted molar refractivity (Wildman–Crippen MR) is 65.9 cm³/mol. The Morgan fingerprint density at radius 3 is 2.78 bits per heavy atom. The maximum absolute atomic E-state index is 12.0. The third kappa shape index (κ3) is 2.49. The molecule has 0 saturated heterocycles. The largest absolute Gasteiger partial charge is 0.497 e. The van der Waals surface area contributed by atoms with Gasteiger partial charge in [0.25, 0.3) is 10.0 Å². The van der Waals surface area contributed by atoms with Crippen LogP contribution in [-0.4, -0.2) is 30.3 Å². The van der Waals surface area contributed by atoms with Crippen LogP contribution < -0.4 is 15.2 Å². The summed E-state index contributed by atoms with van der Waals surface area (Å²) in [6, 6.07) is 4.28. The number of methoxy groups -OCH3 is 1. The number of rotatable bonds is 4. The van der Waals surface area contributed by atoms with Gasteiger partial charge in [-0.15, -0.1) is 0 Å². The number of ether oxygens (including phenoxy) is 1. The second-order valence-electron chi connectivity index (χ2n) is 3.18. The van der Waals surface area contributed by atoms with E-state index in [0.717, 1.165) is 11.5 Å². The van der Waals surface area contributed by atoms with E-state index in [0.29, 0.717) is 5.75 Å². The van der Waals surface area contributed by atoms with E-state index in [2.05, 4.69) is 19.5 Å². The maximum Gasteiger partial charge on any atom is 0.265 e. The maximum atomic E-state index is 12.0. The van der Waals surface area contributed by atoms with Crippen LogP contribution in [-0.2, 0) is 10.0 Å². The normalized spacial score (nSPS) is 11.2. The molecule has 0 amide bonds. The fourth-order valence-electron chi connectivity index (χ4n) is 1.24. The molecule has 0 aliphatic rings. The molecule has 0 saturated carbocycles. The highest BCUT2D eigenvalue weighted by Gasteiger charge is 2.19. The molecule has 0 spiro atoms. The smallest absolute Gasteiger partial charge is 0.265 e. The second kappa shape index (κ2) is 4.74. The molecule has 2 aromatic rings. The van der Waals surface area contributed by atoms with E-state index in [-0.39, 0.29) is 15.7 Å². The number of nitrogen functional groups attached to an aromatic ring is 1. The topological polar surface area (TPSA) is 120 Å². The van der Waals surface area contributed by atoms with Crippen molar-refractivity contribution in [1.82, 2.24) is 14.8 Å². The molecule has 2 rings (SSSR count). The van der Waals surface area contributed by atoms with Crippen LogP contribution in [0.4, 0.5) is 10.8 Å². The van der Waals surface area contributed by atoms with Gasteiger partial charge in [0.1, 0.15) is 10.6 Å². The van der Waals surface area contributed by atoms with Crippen LogP contribution in [0.1, 0.15) is 0 Å². The summed E-state index contributed by atoms with van der Waals surface area (Å²) < 4.78 is 34.6. The fourth-order valence-corrected chi connectivity index (χ4v) is 2.94. The summed E-state index contributed by atoms with van der Waals surface area (Å²) in [6.45, 7) is 0. The van der Waals surface area contributed by atoms with Gasteiger partial charge >= 0.3 is 0 Å². The van der Waals surface area contributed by atoms with Gasteiger partial charge in [0, 0.05) is 17.6 Å². The monoisotopic (exact) mass is 287 g/mol. The Kier molecular flexibility index (Phi) is 3.30. The van der Waals surface area contributed by atoms with Gasteiger partial charge in [-0.1, -0.05) is 9.59 Å². The summed E-state index contributed by atoms with van der Waals surface area (Å²) >= 11 is 0.830. The number of hydrogen-bond acceptors (Lipinski definition) is 8. The zero-order valence-corrected chi connectivity index (χ0v) is 10.8. The lowest BCUT2D eigenvalue weighted by atomic mass is 10.3. The first-order valence-electron chi connectivity index (χ1n) is 4.64. The Morgan fingerprint density at radius 2 is 2.22 bits per heavy atom. The first kappa shape index (κ1) is 12.5. The Morgan fingerprint density at radius 1 is 1.44 bits per heavy atom. The van der Waals surface area contributed by atoms with Crippen LogP contribution in [0, 0.1) is 0 Å². The zero-order chi connectivity index (χ0) is 13.2. The molecule has 1 heterocycles. The van der Waals surface area contributed by atoms with E-state index in [1.165, 1.54) is 25.3 Å². The summed E-state index contributed by atoms with van der Waals surface area (Å²) in [6.07, 6.45) is 0. The molecule has 1 aromatic heterocycles. The highest BCUT2D eigenvalue weighted by Crippen LogP contribution is 2.25. The number of anilines is 2. The molecule has 0 atom stereocenters. The van der Waals surface area contributed by atoms with Crippen molar-refractivity contribution < 1.29 is 13.2 Å². The number of sulfonamides is 1. The Balaban J connectivity index is 2.35. The van der Waals surface area contributed by atoms with Crippen molar-refractivity contribution in [2.45, 2.75) is 4.90 Å². The molecule has 0 unspecified atom stereocenters. The Labute approximate surface area is 107 Å². The lowest BCUT2D eigenvalue weighted by Gasteiger charge is -2.08. The van der Waals surface area contributed by atoms with E-state index in [9.17, 15) is 8.42 Å². The van der Waals surface area contributed by atoms with Gasteiger partial charge in [-0.25, -0.2) is 8.42 Å². The van der Waals surface area contributed by atoms with Crippen molar-refractivity contribution >= 4 is 32.4 Å². The first-order chi connectivity index (χ1) is 8.53. The number of nitrogens with one attached hydrogen (secondary N) is 1. The van der Waals surface area contributed by atoms with Gasteiger partial charge < -0.3 is 10.5 Å². The lowest BCUT2D eigenvalue weighted by Crippen LogP contribution is -2.14. The van der Waals surface area contributed by atoms with Crippen LogP contribution in [0.2, 0.25) is 0 Å². The second-order valence-corrected chi connectivity index (χ2v) is 5.56. The Hall–Kier alpha value is -1.94. The third-order valence-electron chi connectivity index (χ3n) is 2.03. The lowest BCUT2D eigenvalue weighted by molar-refractivity contribution is 0.414. The van der Waals surface area contributed by atoms with E-state index in [4.69, 9.17) is 10.5 Å². The average Bonchev–Trinajstić information content (AvgIpc) is 2.80. The van der Waals surface area contributed by atoms with Crippen LogP contribution >= 0.6 is 11.5 Å². The van der Waals surface area contributed by atoms with E-state index in [1.807, 2.05) is 0 Å². The summed E-state index contributed by atoms with van der Waals surface area (Å²) in [5.41, 5.74) is 5.75.